The third kappa shape index (κ3) is 3.77. The maximum Gasteiger partial charge on any atom is 0.241 e. The average molecular weight is 469 g/mol. The van der Waals surface area contributed by atoms with Crippen molar-refractivity contribution in [3.8, 4) is 0 Å². The number of hydrogen-bond donors (Lipinski definition) is 1. The molecular weight excluding hydrogens is 436 g/mol. The molecule has 1 spiro atoms. The van der Waals surface area contributed by atoms with Gasteiger partial charge < -0.3 is 14.8 Å². The lowest BCUT2D eigenvalue weighted by atomic mass is 9.64. The van der Waals surface area contributed by atoms with Crippen LogP contribution in [0.1, 0.15) is 38.7 Å². The van der Waals surface area contributed by atoms with Crippen molar-refractivity contribution in [1.82, 2.24) is 5.32 Å². The van der Waals surface area contributed by atoms with Crippen LogP contribution in [0, 0.1) is 0 Å². The molecule has 8 heteroatoms. The Labute approximate surface area is 191 Å². The van der Waals surface area contributed by atoms with E-state index in [0.29, 0.717) is 24.5 Å². The van der Waals surface area contributed by atoms with Gasteiger partial charge in [0.25, 0.3) is 0 Å². The second kappa shape index (κ2) is 7.94. The van der Waals surface area contributed by atoms with Crippen molar-refractivity contribution >= 4 is 39.1 Å². The molecule has 0 aromatic heterocycles. The molecule has 1 aromatic rings. The van der Waals surface area contributed by atoms with Crippen LogP contribution in [0.15, 0.2) is 18.2 Å². The molecule has 3 aliphatic heterocycles. The summed E-state index contributed by atoms with van der Waals surface area (Å²) < 4.78 is 12.0. The Morgan fingerprint density at radius 1 is 1.32 bits per heavy atom. The molecule has 172 valence electrons. The fourth-order valence-corrected chi connectivity index (χ4v) is 5.99. The Hall–Kier alpha value is -1.28. The highest BCUT2D eigenvalue weighted by molar-refractivity contribution is 8.32. The predicted molar refractivity (Wildman–Crippen MR) is 126 cm³/mol. The van der Waals surface area contributed by atoms with Gasteiger partial charge in [0.15, 0.2) is 0 Å². The molecule has 2 saturated heterocycles. The first-order chi connectivity index (χ1) is 14.5. The van der Waals surface area contributed by atoms with Crippen LogP contribution in [-0.4, -0.2) is 67.4 Å². The fraction of sp³-hybridized carbons (Fsp3) is 0.652. The van der Waals surface area contributed by atoms with Gasteiger partial charge in [-0.15, -0.1) is 0 Å². The van der Waals surface area contributed by atoms with Crippen molar-refractivity contribution in [2.24, 2.45) is 0 Å². The Kier molecular flexibility index (Phi) is 5.86. The summed E-state index contributed by atoms with van der Waals surface area (Å²) in [5, 5.41) is 3.72. The zero-order chi connectivity index (χ0) is 22.6. The van der Waals surface area contributed by atoms with Gasteiger partial charge in [-0.1, -0.05) is 24.6 Å². The highest BCUT2D eigenvalue weighted by Crippen LogP contribution is 2.56. The molecule has 4 atom stereocenters. The van der Waals surface area contributed by atoms with Gasteiger partial charge in [0.05, 0.1) is 24.4 Å². The monoisotopic (exact) mass is 468 g/mol. The lowest BCUT2D eigenvalue weighted by Crippen LogP contribution is -2.65. The van der Waals surface area contributed by atoms with Crippen LogP contribution < -0.4 is 10.2 Å². The number of carbonyl (C=O) groups is 2. The number of amides is 2. The number of fused-ring (bicyclic) bond motifs is 2. The molecule has 0 radical (unpaired) electrons. The third-order valence-electron chi connectivity index (χ3n) is 7.03. The number of hydrogen-bond acceptors (Lipinski definition) is 4. The summed E-state index contributed by atoms with van der Waals surface area (Å²) in [7, 11) is -0.677. The van der Waals surface area contributed by atoms with Crippen LogP contribution >= 0.6 is 21.6 Å². The minimum absolute atomic E-state index is 0.0126. The summed E-state index contributed by atoms with van der Waals surface area (Å²) >= 11 is 6.33. The Morgan fingerprint density at radius 2 is 2.03 bits per heavy atom. The maximum absolute atomic E-state index is 14.1. The van der Waals surface area contributed by atoms with Gasteiger partial charge in [0.1, 0.15) is 17.7 Å². The Morgan fingerprint density at radius 3 is 2.65 bits per heavy atom. The van der Waals surface area contributed by atoms with Crippen LogP contribution in [0.25, 0.3) is 0 Å². The number of carbonyl (C=O) groups excluding carboxylic acids is 2. The molecule has 1 N–H and O–H groups in total. The van der Waals surface area contributed by atoms with Crippen LogP contribution in [0.3, 0.4) is 0 Å². The first-order valence-electron chi connectivity index (χ1n) is 10.9. The molecule has 31 heavy (non-hydrogen) atoms. The van der Waals surface area contributed by atoms with Gasteiger partial charge in [0, 0.05) is 17.2 Å². The van der Waals surface area contributed by atoms with Gasteiger partial charge in [-0.2, -0.15) is 0 Å². The van der Waals surface area contributed by atoms with E-state index in [0.717, 1.165) is 23.4 Å². The van der Waals surface area contributed by atoms with E-state index in [1.54, 1.807) is 4.90 Å². The van der Waals surface area contributed by atoms with E-state index in [4.69, 9.17) is 21.1 Å². The van der Waals surface area contributed by atoms with Crippen molar-refractivity contribution < 1.29 is 19.1 Å². The van der Waals surface area contributed by atoms with Crippen molar-refractivity contribution in [3.05, 3.63) is 28.8 Å². The molecule has 4 rings (SSSR count). The normalized spacial score (nSPS) is 32.9. The highest BCUT2D eigenvalue weighted by Gasteiger charge is 2.70. The van der Waals surface area contributed by atoms with Crippen LogP contribution in [0.2, 0.25) is 5.02 Å². The molecule has 2 amide bonds. The van der Waals surface area contributed by atoms with E-state index < -0.39 is 27.1 Å². The van der Waals surface area contributed by atoms with E-state index >= 15 is 0 Å². The molecule has 3 aliphatic rings. The average Bonchev–Trinajstić information content (AvgIpc) is 3.32. The zero-order valence-electron chi connectivity index (χ0n) is 19.0. The number of nitrogens with zero attached hydrogens (tertiary/aromatic N) is 1. The molecular formula is C23H33ClN2O4S. The highest BCUT2D eigenvalue weighted by atomic mass is 35.5. The molecule has 3 heterocycles. The first-order valence-corrected chi connectivity index (χ1v) is 14.3. The van der Waals surface area contributed by atoms with Gasteiger partial charge in [-0.3, -0.25) is 14.5 Å². The van der Waals surface area contributed by atoms with E-state index in [9.17, 15) is 9.59 Å². The molecule has 1 aromatic carbocycles. The summed E-state index contributed by atoms with van der Waals surface area (Å²) in [6, 6.07) is 5.19. The maximum atomic E-state index is 14.1. The fourth-order valence-electron chi connectivity index (χ4n) is 5.21. The molecule has 0 bridgehead atoms. The summed E-state index contributed by atoms with van der Waals surface area (Å²) in [5.41, 5.74) is 0.288. The summed E-state index contributed by atoms with van der Waals surface area (Å²) in [6.45, 7) is 4.84. The SMILES string of the molecule is CC[C@]1(C2NC(=O)CC[C@]23C(=O)N(COCCS(C)(C)C)c2cc(Cl)ccc23)OC1C. The Balaban J connectivity index is 1.71. The molecule has 2 fully saturated rings. The number of nitrogens with one attached hydrogen (secondary N) is 1. The molecule has 0 saturated carbocycles. The second-order valence-electron chi connectivity index (χ2n) is 9.77. The van der Waals surface area contributed by atoms with Crippen LogP contribution in [-0.2, 0) is 24.5 Å². The number of rotatable bonds is 7. The van der Waals surface area contributed by atoms with E-state index in [1.807, 2.05) is 25.1 Å². The molecule has 0 aliphatic carbocycles. The van der Waals surface area contributed by atoms with Crippen molar-refractivity contribution in [2.75, 3.05) is 42.8 Å². The van der Waals surface area contributed by atoms with E-state index in [2.05, 4.69) is 31.0 Å². The number of piperidine rings is 1. The van der Waals surface area contributed by atoms with Gasteiger partial charge in [-0.25, -0.2) is 10.0 Å². The van der Waals surface area contributed by atoms with Crippen molar-refractivity contribution in [1.29, 1.82) is 0 Å². The number of epoxide rings is 1. The lowest BCUT2D eigenvalue weighted by molar-refractivity contribution is -0.133. The van der Waals surface area contributed by atoms with Crippen LogP contribution in [0.5, 0.6) is 0 Å². The molecule has 2 unspecified atom stereocenters. The first kappa shape index (κ1) is 22.9. The van der Waals surface area contributed by atoms with E-state index in [1.165, 1.54) is 0 Å². The lowest BCUT2D eigenvalue weighted by Gasteiger charge is -2.43. The standard InChI is InChI=1S/C23H33ClN2O4S/c1-6-23(15(2)30-23)20-22(10-9-19(27)25-20)17-8-7-16(24)13-18(17)26(21(22)28)14-29-11-12-31(3,4)5/h7-8,13,15,20H,6,9-12,14H2,1-5H3,(H,25,27)/t15?,20?,22-,23+/m1/s1. The quantitative estimate of drug-likeness (QED) is 0.491. The Bertz CT molecular complexity index is 900. The number of anilines is 1. The largest absolute Gasteiger partial charge is 0.364 e. The smallest absolute Gasteiger partial charge is 0.241 e. The topological polar surface area (TPSA) is 71.2 Å². The summed E-state index contributed by atoms with van der Waals surface area (Å²) in [4.78, 5) is 28.2. The van der Waals surface area contributed by atoms with Crippen LogP contribution in [0.4, 0.5) is 5.69 Å². The van der Waals surface area contributed by atoms with E-state index in [-0.39, 0.29) is 24.6 Å². The number of halogens is 1. The summed E-state index contributed by atoms with van der Waals surface area (Å²) in [6.07, 6.45) is 8.22. The van der Waals surface area contributed by atoms with Gasteiger partial charge in [0.2, 0.25) is 11.8 Å². The van der Waals surface area contributed by atoms with Gasteiger partial charge >= 0.3 is 0 Å². The molecule has 6 nitrogen and oxygen atoms in total. The number of ether oxygens (including phenoxy) is 2. The second-order valence-corrected chi connectivity index (χ2v) is 14.8. The predicted octanol–water partition coefficient (Wildman–Crippen LogP) is 3.44. The third-order valence-corrected chi connectivity index (χ3v) is 8.66. The summed E-state index contributed by atoms with van der Waals surface area (Å²) in [5.74, 6) is 0.914. The minimum atomic E-state index is -0.868. The van der Waals surface area contributed by atoms with Crippen molar-refractivity contribution in [3.63, 3.8) is 0 Å². The van der Waals surface area contributed by atoms with Crippen molar-refractivity contribution in [2.45, 2.75) is 56.3 Å². The van der Waals surface area contributed by atoms with Gasteiger partial charge in [-0.05, 0) is 56.2 Å². The minimum Gasteiger partial charge on any atom is -0.364 e. The number of benzene rings is 1. The zero-order valence-corrected chi connectivity index (χ0v) is 20.6.